The molecule has 0 aromatic heterocycles. The fourth-order valence-electron chi connectivity index (χ4n) is 0.118. The van der Waals surface area contributed by atoms with Crippen LogP contribution in [0.4, 0.5) is 0 Å². The molecule has 0 atom stereocenters. The van der Waals surface area contributed by atoms with Crippen LogP contribution in [0.25, 0.3) is 0 Å². The maximum Gasteiger partial charge on any atom is 0.381 e. The van der Waals surface area contributed by atoms with Crippen LogP contribution >= 0.6 is 0 Å². The van der Waals surface area contributed by atoms with E-state index in [1.54, 1.807) is 6.92 Å². The predicted octanol–water partition coefficient (Wildman–Crippen LogP) is 0.910. The number of hydrogen-bond donors (Lipinski definition) is 0. The highest BCUT2D eigenvalue weighted by atomic mass is 16.4. The molecule has 0 aromatic rings. The van der Waals surface area contributed by atoms with Gasteiger partial charge in [-0.15, -0.1) is 0 Å². The van der Waals surface area contributed by atoms with E-state index in [2.05, 4.69) is 0 Å². The Morgan fingerprint density at radius 1 is 1.57 bits per heavy atom. The highest BCUT2D eigenvalue weighted by molar-refractivity contribution is 5.85. The van der Waals surface area contributed by atoms with Gasteiger partial charge >= 0.3 is 5.97 Å². The summed E-state index contributed by atoms with van der Waals surface area (Å²) < 4.78 is 0. The molecule has 0 aromatic carbocycles. The largest absolute Gasteiger partial charge is 0.381 e. The summed E-state index contributed by atoms with van der Waals surface area (Å²) >= 11 is 0. The van der Waals surface area contributed by atoms with Crippen molar-refractivity contribution in [3.05, 3.63) is 11.6 Å². The van der Waals surface area contributed by atoms with Crippen LogP contribution in [0.3, 0.4) is 0 Å². The molecule has 0 aliphatic rings. The fourth-order valence-corrected chi connectivity index (χ4v) is 0.118. The second-order valence-electron chi connectivity index (χ2n) is 1.26. The molecule has 0 bridgehead atoms. The highest BCUT2D eigenvalue weighted by Gasteiger charge is 1.97. The van der Waals surface area contributed by atoms with E-state index < -0.39 is 5.97 Å². The first-order chi connectivity index (χ1) is 3.18. The lowest BCUT2D eigenvalue weighted by Gasteiger charge is -1.79. The van der Waals surface area contributed by atoms with Gasteiger partial charge in [0.25, 0.3) is 0 Å². The smallest absolute Gasteiger partial charge is 0.242 e. The molecule has 2 heteroatoms. The van der Waals surface area contributed by atoms with Gasteiger partial charge in [0.15, 0.2) is 0 Å². The lowest BCUT2D eigenvalue weighted by Crippen LogP contribution is -1.91. The molecule has 0 aliphatic heterocycles. The number of hydrogen-bond acceptors (Lipinski definition) is 1. The van der Waals surface area contributed by atoms with Crippen molar-refractivity contribution >= 4 is 5.97 Å². The average molecular weight is 99.1 g/mol. The Kier molecular flexibility index (Phi) is 2.12. The Hall–Kier alpha value is -0.790. The zero-order chi connectivity index (χ0) is 5.86. The van der Waals surface area contributed by atoms with Crippen molar-refractivity contribution in [2.45, 2.75) is 13.8 Å². The second kappa shape index (κ2) is 2.39. The number of carbonyl (C=O) groups is 1. The summed E-state index contributed by atoms with van der Waals surface area (Å²) in [5.74, 6) is -1.09. The zero-order valence-electron chi connectivity index (χ0n) is 4.39. The standard InChI is InChI=1S/C5H7O2/c1-3-4(2)5(6)7/h3H,1-2H3/b4-3-. The molecule has 0 fully saturated rings. The third-order valence-electron chi connectivity index (χ3n) is 0.755. The Morgan fingerprint density at radius 2 is 2.00 bits per heavy atom. The number of rotatable bonds is 1. The zero-order valence-corrected chi connectivity index (χ0v) is 4.39. The van der Waals surface area contributed by atoms with Crippen molar-refractivity contribution in [3.63, 3.8) is 0 Å². The quantitative estimate of drug-likeness (QED) is 0.450. The van der Waals surface area contributed by atoms with Gasteiger partial charge in [0.1, 0.15) is 0 Å². The molecule has 0 N–H and O–H groups in total. The van der Waals surface area contributed by atoms with Gasteiger partial charge in [-0.3, -0.25) is 0 Å². The Balaban J connectivity index is 3.82. The minimum atomic E-state index is -1.09. The molecule has 0 heterocycles. The summed E-state index contributed by atoms with van der Waals surface area (Å²) in [4.78, 5) is 9.75. The topological polar surface area (TPSA) is 37.0 Å². The molecule has 0 amide bonds. The molecular weight excluding hydrogens is 92.1 g/mol. The fraction of sp³-hybridized carbons (Fsp3) is 0.400. The lowest BCUT2D eigenvalue weighted by molar-refractivity contribution is -0.138. The first kappa shape index (κ1) is 6.21. The van der Waals surface area contributed by atoms with Crippen molar-refractivity contribution in [1.82, 2.24) is 0 Å². The molecule has 0 spiro atoms. The summed E-state index contributed by atoms with van der Waals surface area (Å²) in [5, 5.41) is 9.75. The molecule has 0 saturated carbocycles. The molecule has 7 heavy (non-hydrogen) atoms. The van der Waals surface area contributed by atoms with Gasteiger partial charge < -0.3 is 0 Å². The summed E-state index contributed by atoms with van der Waals surface area (Å²) in [6.07, 6.45) is 1.50. The van der Waals surface area contributed by atoms with Gasteiger partial charge in [-0.25, -0.2) is 9.90 Å². The monoisotopic (exact) mass is 99.0 g/mol. The van der Waals surface area contributed by atoms with E-state index in [9.17, 15) is 9.90 Å². The number of carbonyl (C=O) groups excluding carboxylic acids is 1. The van der Waals surface area contributed by atoms with Crippen LogP contribution in [0, 0.1) is 0 Å². The van der Waals surface area contributed by atoms with Crippen LogP contribution < -0.4 is 0 Å². The molecule has 0 saturated heterocycles. The first-order valence-electron chi connectivity index (χ1n) is 2.02. The van der Waals surface area contributed by atoms with E-state index in [1.165, 1.54) is 13.0 Å². The van der Waals surface area contributed by atoms with E-state index in [-0.39, 0.29) is 5.57 Å². The molecular formula is C5H7O2. The summed E-state index contributed by atoms with van der Waals surface area (Å²) in [6, 6.07) is 0. The highest BCUT2D eigenvalue weighted by Crippen LogP contribution is 1.88. The van der Waals surface area contributed by atoms with E-state index in [0.717, 1.165) is 0 Å². The van der Waals surface area contributed by atoms with Crippen molar-refractivity contribution in [1.29, 1.82) is 0 Å². The Morgan fingerprint density at radius 3 is 2.00 bits per heavy atom. The van der Waals surface area contributed by atoms with Crippen molar-refractivity contribution < 1.29 is 9.90 Å². The third-order valence-corrected chi connectivity index (χ3v) is 0.755. The van der Waals surface area contributed by atoms with Gasteiger partial charge in [0.2, 0.25) is 0 Å². The van der Waals surface area contributed by atoms with Gasteiger partial charge in [0.05, 0.1) is 0 Å². The minimum absolute atomic E-state index is 0.278. The first-order valence-corrected chi connectivity index (χ1v) is 2.02. The van der Waals surface area contributed by atoms with Crippen LogP contribution in [0.15, 0.2) is 11.6 Å². The minimum Gasteiger partial charge on any atom is -0.242 e. The summed E-state index contributed by atoms with van der Waals surface area (Å²) in [5.41, 5.74) is 0.278. The van der Waals surface area contributed by atoms with Gasteiger partial charge in [-0.1, -0.05) is 6.08 Å². The lowest BCUT2D eigenvalue weighted by atomic mass is 10.3. The van der Waals surface area contributed by atoms with Gasteiger partial charge in [-0.2, -0.15) is 0 Å². The van der Waals surface area contributed by atoms with Crippen LogP contribution in [0.5, 0.6) is 0 Å². The van der Waals surface area contributed by atoms with E-state index in [0.29, 0.717) is 0 Å². The van der Waals surface area contributed by atoms with Crippen molar-refractivity contribution in [2.24, 2.45) is 0 Å². The maximum atomic E-state index is 9.75. The van der Waals surface area contributed by atoms with Crippen molar-refractivity contribution in [3.8, 4) is 0 Å². The predicted molar refractivity (Wildman–Crippen MR) is 25.1 cm³/mol. The molecule has 39 valence electrons. The van der Waals surface area contributed by atoms with Crippen LogP contribution in [-0.2, 0) is 9.90 Å². The Bertz CT molecular complexity index is 103. The van der Waals surface area contributed by atoms with Crippen molar-refractivity contribution in [2.75, 3.05) is 0 Å². The van der Waals surface area contributed by atoms with Crippen LogP contribution in [0.1, 0.15) is 13.8 Å². The van der Waals surface area contributed by atoms with Gasteiger partial charge in [0, 0.05) is 5.57 Å². The molecule has 2 nitrogen and oxygen atoms in total. The van der Waals surface area contributed by atoms with E-state index in [4.69, 9.17) is 0 Å². The summed E-state index contributed by atoms with van der Waals surface area (Å²) in [7, 11) is 0. The molecule has 1 radical (unpaired) electrons. The van der Waals surface area contributed by atoms with E-state index >= 15 is 0 Å². The van der Waals surface area contributed by atoms with E-state index in [1.807, 2.05) is 0 Å². The second-order valence-corrected chi connectivity index (χ2v) is 1.26. The molecule has 0 unspecified atom stereocenters. The third kappa shape index (κ3) is 1.98. The van der Waals surface area contributed by atoms with Crippen LogP contribution in [0.2, 0.25) is 0 Å². The normalized spacial score (nSPS) is 11.4. The molecule has 0 rings (SSSR count). The van der Waals surface area contributed by atoms with Gasteiger partial charge in [-0.05, 0) is 13.8 Å². The Labute approximate surface area is 42.5 Å². The SMILES string of the molecule is C/C=C(/C)C([O])=O. The van der Waals surface area contributed by atoms with Crippen LogP contribution in [-0.4, -0.2) is 5.97 Å². The average Bonchev–Trinajstić information content (AvgIpc) is 1.65. The number of allylic oxidation sites excluding steroid dienone is 1. The summed E-state index contributed by atoms with van der Waals surface area (Å²) in [6.45, 7) is 3.15. The maximum absolute atomic E-state index is 9.75. The molecule has 0 aliphatic carbocycles.